The van der Waals surface area contributed by atoms with Crippen molar-refractivity contribution in [3.63, 3.8) is 0 Å². The van der Waals surface area contributed by atoms with E-state index in [2.05, 4.69) is 5.32 Å². The third-order valence-electron chi connectivity index (χ3n) is 4.78. The number of hydrogen-bond donors (Lipinski definition) is 1. The van der Waals surface area contributed by atoms with Crippen LogP contribution in [0.1, 0.15) is 27.3 Å². The molecule has 1 amide bonds. The highest BCUT2D eigenvalue weighted by Gasteiger charge is 2.14. The number of benzene rings is 2. The van der Waals surface area contributed by atoms with Gasteiger partial charge in [0.1, 0.15) is 11.6 Å². The van der Waals surface area contributed by atoms with E-state index in [9.17, 15) is 14.9 Å². The van der Waals surface area contributed by atoms with Gasteiger partial charge in [0.05, 0.1) is 12.7 Å². The van der Waals surface area contributed by atoms with E-state index >= 15 is 0 Å². The lowest BCUT2D eigenvalue weighted by Crippen LogP contribution is -2.13. The lowest BCUT2D eigenvalue weighted by molar-refractivity contribution is -0.112. The molecule has 3 aromatic rings. The summed E-state index contributed by atoms with van der Waals surface area (Å²) in [6.07, 6.45) is 1.56. The van der Waals surface area contributed by atoms with Crippen molar-refractivity contribution in [3.8, 4) is 11.8 Å². The number of anilines is 1. The predicted octanol–water partition coefficient (Wildman–Crippen LogP) is 5.08. The van der Waals surface area contributed by atoms with Crippen molar-refractivity contribution in [1.29, 1.82) is 5.26 Å². The molecule has 1 N–H and O–H groups in total. The van der Waals surface area contributed by atoms with E-state index in [1.54, 1.807) is 42.5 Å². The first-order valence-corrected chi connectivity index (χ1v) is 9.78. The molecule has 0 radical (unpaired) electrons. The van der Waals surface area contributed by atoms with Gasteiger partial charge in [-0.05, 0) is 80.1 Å². The fourth-order valence-corrected chi connectivity index (χ4v) is 3.36. The average Bonchev–Trinajstić information content (AvgIpc) is 3.05. The minimum Gasteiger partial charge on any atom is -0.465 e. The Labute approximate surface area is 185 Å². The zero-order valence-corrected chi connectivity index (χ0v) is 18.0. The number of nitrogens with one attached hydrogen (secondary N) is 1. The molecule has 0 saturated heterocycles. The van der Waals surface area contributed by atoms with Crippen LogP contribution in [-0.4, -0.2) is 23.6 Å². The summed E-state index contributed by atoms with van der Waals surface area (Å²) in [5.74, 6) is -0.904. The smallest absolute Gasteiger partial charge is 0.337 e. The predicted molar refractivity (Wildman–Crippen MR) is 120 cm³/mol. The van der Waals surface area contributed by atoms with Gasteiger partial charge in [0.2, 0.25) is 0 Å². The third kappa shape index (κ3) is 4.85. The average molecular weight is 434 g/mol. The number of carbonyl (C=O) groups excluding carboxylic acids is 2. The minimum absolute atomic E-state index is 0.0174. The molecule has 1 aromatic heterocycles. The van der Waals surface area contributed by atoms with Crippen LogP contribution in [0, 0.1) is 25.2 Å². The Morgan fingerprint density at radius 3 is 2.32 bits per heavy atom. The molecule has 31 heavy (non-hydrogen) atoms. The third-order valence-corrected chi connectivity index (χ3v) is 5.04. The molecule has 0 aliphatic carbocycles. The van der Waals surface area contributed by atoms with E-state index in [1.165, 1.54) is 7.11 Å². The molecule has 156 valence electrons. The van der Waals surface area contributed by atoms with Gasteiger partial charge in [0.15, 0.2) is 0 Å². The summed E-state index contributed by atoms with van der Waals surface area (Å²) in [4.78, 5) is 24.2. The number of methoxy groups -OCH3 is 1. The fourth-order valence-electron chi connectivity index (χ4n) is 3.23. The van der Waals surface area contributed by atoms with Gasteiger partial charge in [0.25, 0.3) is 5.91 Å². The molecular formula is C24H20ClN3O3. The van der Waals surface area contributed by atoms with Crippen molar-refractivity contribution >= 4 is 35.2 Å². The fraction of sp³-hybridized carbons (Fsp3) is 0.125. The number of aromatic nitrogens is 1. The Morgan fingerprint density at radius 2 is 1.74 bits per heavy atom. The van der Waals surface area contributed by atoms with E-state index in [1.807, 2.05) is 42.7 Å². The molecule has 0 spiro atoms. The number of hydrogen-bond acceptors (Lipinski definition) is 4. The highest BCUT2D eigenvalue weighted by atomic mass is 35.5. The van der Waals surface area contributed by atoms with Crippen molar-refractivity contribution in [2.75, 3.05) is 12.4 Å². The Hall–Kier alpha value is -3.82. The van der Waals surface area contributed by atoms with Gasteiger partial charge in [-0.15, -0.1) is 0 Å². The van der Waals surface area contributed by atoms with Crippen LogP contribution in [-0.2, 0) is 9.53 Å². The zero-order valence-electron chi connectivity index (χ0n) is 17.3. The van der Waals surface area contributed by atoms with Gasteiger partial charge in [0, 0.05) is 27.8 Å². The van der Waals surface area contributed by atoms with E-state index in [-0.39, 0.29) is 5.57 Å². The molecule has 0 saturated carbocycles. The summed E-state index contributed by atoms with van der Waals surface area (Å²) in [5, 5.41) is 12.8. The van der Waals surface area contributed by atoms with Gasteiger partial charge >= 0.3 is 5.97 Å². The van der Waals surface area contributed by atoms with E-state index < -0.39 is 11.9 Å². The summed E-state index contributed by atoms with van der Waals surface area (Å²) in [6.45, 7) is 3.83. The highest BCUT2D eigenvalue weighted by molar-refractivity contribution is 6.30. The van der Waals surface area contributed by atoms with Crippen molar-refractivity contribution in [3.05, 3.63) is 87.7 Å². The van der Waals surface area contributed by atoms with Gasteiger partial charge in [-0.1, -0.05) is 11.6 Å². The lowest BCUT2D eigenvalue weighted by atomic mass is 10.1. The molecule has 1 heterocycles. The summed E-state index contributed by atoms with van der Waals surface area (Å²) in [5.41, 5.74) is 4.37. The van der Waals surface area contributed by atoms with Crippen LogP contribution >= 0.6 is 11.6 Å². The summed E-state index contributed by atoms with van der Waals surface area (Å²) in [7, 11) is 1.34. The molecule has 2 aromatic carbocycles. The Bertz CT molecular complexity index is 1200. The van der Waals surface area contributed by atoms with Crippen LogP contribution in [0.5, 0.6) is 0 Å². The maximum absolute atomic E-state index is 12.6. The lowest BCUT2D eigenvalue weighted by Gasteiger charge is -2.10. The first-order chi connectivity index (χ1) is 14.8. The Balaban J connectivity index is 1.90. The van der Waals surface area contributed by atoms with Crippen molar-refractivity contribution in [2.45, 2.75) is 13.8 Å². The van der Waals surface area contributed by atoms with Crippen molar-refractivity contribution in [2.24, 2.45) is 0 Å². The van der Waals surface area contributed by atoms with Gasteiger partial charge in [-0.2, -0.15) is 5.26 Å². The topological polar surface area (TPSA) is 84.1 Å². The van der Waals surface area contributed by atoms with Gasteiger partial charge in [-0.3, -0.25) is 4.79 Å². The second kappa shape index (κ2) is 9.33. The minimum atomic E-state index is -0.503. The molecule has 3 rings (SSSR count). The number of rotatable bonds is 5. The molecule has 0 bridgehead atoms. The first-order valence-electron chi connectivity index (χ1n) is 9.40. The molecular weight excluding hydrogens is 414 g/mol. The molecule has 0 atom stereocenters. The number of carbonyl (C=O) groups is 2. The molecule has 0 aliphatic rings. The highest BCUT2D eigenvalue weighted by Crippen LogP contribution is 2.24. The van der Waals surface area contributed by atoms with Crippen LogP contribution in [0.3, 0.4) is 0 Å². The molecule has 0 fully saturated rings. The number of halogens is 1. The second-order valence-electron chi connectivity index (χ2n) is 6.83. The summed E-state index contributed by atoms with van der Waals surface area (Å²) in [6, 6.07) is 17.5. The molecule has 0 unspecified atom stereocenters. The van der Waals surface area contributed by atoms with Crippen molar-refractivity contribution < 1.29 is 14.3 Å². The normalized spacial score (nSPS) is 11.0. The number of ether oxygens (including phenoxy) is 1. The quantitative estimate of drug-likeness (QED) is 0.345. The maximum atomic E-state index is 12.6. The molecule has 7 heteroatoms. The number of amides is 1. The second-order valence-corrected chi connectivity index (χ2v) is 7.27. The number of aryl methyl sites for hydroxylation is 1. The number of nitriles is 1. The van der Waals surface area contributed by atoms with E-state index in [4.69, 9.17) is 16.3 Å². The standard InChI is InChI=1S/C24H20ClN3O3/c1-15-12-18(13-19(14-26)23(29)27-21-8-6-20(25)7-9-21)16(2)28(15)22-10-4-17(5-11-22)24(30)31-3/h4-13H,1-3H3,(H,27,29)/b19-13-. The van der Waals surface area contributed by atoms with Crippen LogP contribution in [0.15, 0.2) is 60.2 Å². The van der Waals surface area contributed by atoms with Crippen LogP contribution < -0.4 is 5.32 Å². The van der Waals surface area contributed by atoms with Crippen LogP contribution in [0.2, 0.25) is 5.02 Å². The number of nitrogens with zero attached hydrogens (tertiary/aromatic N) is 2. The Morgan fingerprint density at radius 1 is 1.10 bits per heavy atom. The summed E-state index contributed by atoms with van der Waals surface area (Å²) >= 11 is 5.86. The van der Waals surface area contributed by atoms with Crippen LogP contribution in [0.4, 0.5) is 5.69 Å². The van der Waals surface area contributed by atoms with E-state index in [0.29, 0.717) is 16.3 Å². The molecule has 6 nitrogen and oxygen atoms in total. The van der Waals surface area contributed by atoms with Crippen LogP contribution in [0.25, 0.3) is 11.8 Å². The summed E-state index contributed by atoms with van der Waals surface area (Å²) < 4.78 is 6.72. The van der Waals surface area contributed by atoms with Crippen molar-refractivity contribution in [1.82, 2.24) is 4.57 Å². The zero-order chi connectivity index (χ0) is 22.5. The maximum Gasteiger partial charge on any atom is 0.337 e. The monoisotopic (exact) mass is 433 g/mol. The Kier molecular flexibility index (Phi) is 6.58. The van der Waals surface area contributed by atoms with Gasteiger partial charge < -0.3 is 14.6 Å². The first kappa shape index (κ1) is 21.9. The largest absolute Gasteiger partial charge is 0.465 e. The molecule has 0 aliphatic heterocycles. The van der Waals surface area contributed by atoms with Gasteiger partial charge in [-0.25, -0.2) is 4.79 Å². The SMILES string of the molecule is COC(=O)c1ccc(-n2c(C)cc(/C=C(/C#N)C(=O)Nc3ccc(Cl)cc3)c2C)cc1. The van der Waals surface area contributed by atoms with E-state index in [0.717, 1.165) is 22.6 Å². The number of esters is 1.